The average molecular weight is 369 g/mol. The Hall–Kier alpha value is -3.09. The van der Waals surface area contributed by atoms with Gasteiger partial charge in [-0.05, 0) is 43.2 Å². The average Bonchev–Trinajstić information content (AvgIpc) is 2.66. The Morgan fingerprint density at radius 1 is 1.07 bits per heavy atom. The lowest BCUT2D eigenvalue weighted by Crippen LogP contribution is -2.50. The molecule has 7 nitrogen and oxygen atoms in total. The molecule has 1 amide bonds. The van der Waals surface area contributed by atoms with Crippen molar-refractivity contribution in [3.63, 3.8) is 0 Å². The Kier molecular flexibility index (Phi) is 5.59. The first-order chi connectivity index (χ1) is 12.9. The van der Waals surface area contributed by atoms with Crippen LogP contribution in [0, 0.1) is 24.0 Å². The molecule has 0 aromatic heterocycles. The number of rotatable bonds is 5. The van der Waals surface area contributed by atoms with E-state index in [0.29, 0.717) is 13.1 Å². The van der Waals surface area contributed by atoms with Gasteiger partial charge in [-0.1, -0.05) is 18.2 Å². The van der Waals surface area contributed by atoms with E-state index < -0.39 is 4.92 Å². The van der Waals surface area contributed by atoms with Gasteiger partial charge in [0.15, 0.2) is 12.4 Å². The molecule has 27 heavy (non-hydrogen) atoms. The molecule has 1 fully saturated rings. The first-order valence-electron chi connectivity index (χ1n) is 8.91. The fraction of sp³-hybridized carbons (Fsp3) is 0.350. The van der Waals surface area contributed by atoms with Crippen LogP contribution in [0.2, 0.25) is 0 Å². The number of nitro benzene ring substituents is 1. The van der Waals surface area contributed by atoms with Gasteiger partial charge < -0.3 is 14.5 Å². The Morgan fingerprint density at radius 2 is 1.78 bits per heavy atom. The maximum Gasteiger partial charge on any atom is 0.310 e. The standard InChI is InChI=1S/C20H23N3O4/c1-15-4-3-5-17(12-15)21-8-10-22(11-9-21)20(24)14-27-19-13-16(2)6-7-18(19)23(25)26/h3-7,12-13H,8-11,14H2,1-2H3. The van der Waals surface area contributed by atoms with E-state index in [9.17, 15) is 14.9 Å². The summed E-state index contributed by atoms with van der Waals surface area (Å²) < 4.78 is 5.48. The summed E-state index contributed by atoms with van der Waals surface area (Å²) in [4.78, 5) is 27.0. The number of nitro groups is 1. The first-order valence-corrected chi connectivity index (χ1v) is 8.91. The molecule has 0 saturated carbocycles. The molecular weight excluding hydrogens is 346 g/mol. The molecule has 142 valence electrons. The number of hydrogen-bond donors (Lipinski definition) is 0. The van der Waals surface area contributed by atoms with Crippen LogP contribution < -0.4 is 9.64 Å². The quantitative estimate of drug-likeness (QED) is 0.598. The minimum atomic E-state index is -0.500. The lowest BCUT2D eigenvalue weighted by atomic mass is 10.2. The summed E-state index contributed by atoms with van der Waals surface area (Å²) in [5.41, 5.74) is 3.08. The van der Waals surface area contributed by atoms with E-state index in [1.165, 1.54) is 11.6 Å². The smallest absolute Gasteiger partial charge is 0.310 e. The highest BCUT2D eigenvalue weighted by molar-refractivity contribution is 5.78. The van der Waals surface area contributed by atoms with Crippen LogP contribution >= 0.6 is 0 Å². The lowest BCUT2D eigenvalue weighted by Gasteiger charge is -2.36. The van der Waals surface area contributed by atoms with Crippen molar-refractivity contribution in [2.75, 3.05) is 37.7 Å². The van der Waals surface area contributed by atoms with Crippen molar-refractivity contribution in [2.45, 2.75) is 13.8 Å². The van der Waals surface area contributed by atoms with Gasteiger partial charge in [0.2, 0.25) is 0 Å². The number of aryl methyl sites for hydroxylation is 2. The van der Waals surface area contributed by atoms with Crippen LogP contribution in [-0.2, 0) is 4.79 Å². The summed E-state index contributed by atoms with van der Waals surface area (Å²) in [7, 11) is 0. The molecule has 1 saturated heterocycles. The molecule has 1 aliphatic rings. The number of piperazine rings is 1. The highest BCUT2D eigenvalue weighted by Crippen LogP contribution is 2.27. The number of benzene rings is 2. The van der Waals surface area contributed by atoms with E-state index in [0.717, 1.165) is 24.3 Å². The molecule has 0 radical (unpaired) electrons. The van der Waals surface area contributed by atoms with E-state index >= 15 is 0 Å². The van der Waals surface area contributed by atoms with Gasteiger partial charge in [0.25, 0.3) is 5.91 Å². The molecule has 2 aromatic rings. The van der Waals surface area contributed by atoms with Crippen molar-refractivity contribution >= 4 is 17.3 Å². The molecule has 0 aliphatic carbocycles. The zero-order valence-electron chi connectivity index (χ0n) is 15.6. The Morgan fingerprint density at radius 3 is 2.44 bits per heavy atom. The Labute approximate surface area is 158 Å². The molecule has 0 N–H and O–H groups in total. The molecule has 0 unspecified atom stereocenters. The van der Waals surface area contributed by atoms with Gasteiger partial charge in [0.1, 0.15) is 0 Å². The second-order valence-electron chi connectivity index (χ2n) is 6.72. The van der Waals surface area contributed by atoms with E-state index in [1.54, 1.807) is 17.0 Å². The second-order valence-corrected chi connectivity index (χ2v) is 6.72. The SMILES string of the molecule is Cc1cccc(N2CCN(C(=O)COc3cc(C)ccc3[N+](=O)[O-])CC2)c1. The van der Waals surface area contributed by atoms with Crippen molar-refractivity contribution < 1.29 is 14.5 Å². The Balaban J connectivity index is 1.56. The molecular formula is C20H23N3O4. The zero-order valence-corrected chi connectivity index (χ0v) is 15.6. The third kappa shape index (κ3) is 4.55. The number of ether oxygens (including phenoxy) is 1. The molecule has 2 aromatic carbocycles. The number of nitrogens with zero attached hydrogens (tertiary/aromatic N) is 3. The zero-order chi connectivity index (χ0) is 19.4. The van der Waals surface area contributed by atoms with E-state index in [1.807, 2.05) is 13.0 Å². The summed E-state index contributed by atoms with van der Waals surface area (Å²) >= 11 is 0. The van der Waals surface area contributed by atoms with Crippen LogP contribution in [0.4, 0.5) is 11.4 Å². The van der Waals surface area contributed by atoms with Crippen LogP contribution in [0.5, 0.6) is 5.75 Å². The molecule has 0 atom stereocenters. The second kappa shape index (κ2) is 8.07. The van der Waals surface area contributed by atoms with Gasteiger partial charge in [-0.2, -0.15) is 0 Å². The summed E-state index contributed by atoms with van der Waals surface area (Å²) in [5.74, 6) is -0.0264. The minimum absolute atomic E-state index is 0.127. The Bertz CT molecular complexity index is 845. The molecule has 7 heteroatoms. The normalized spacial score (nSPS) is 14.1. The van der Waals surface area contributed by atoms with Crippen molar-refractivity contribution in [2.24, 2.45) is 0 Å². The highest BCUT2D eigenvalue weighted by Gasteiger charge is 2.23. The first kappa shape index (κ1) is 18.7. The van der Waals surface area contributed by atoms with Crippen molar-refractivity contribution in [1.29, 1.82) is 0 Å². The van der Waals surface area contributed by atoms with Crippen LogP contribution in [0.1, 0.15) is 11.1 Å². The van der Waals surface area contributed by atoms with Crippen molar-refractivity contribution in [3.05, 3.63) is 63.7 Å². The fourth-order valence-electron chi connectivity index (χ4n) is 3.16. The van der Waals surface area contributed by atoms with Crippen LogP contribution in [0.25, 0.3) is 0 Å². The molecule has 3 rings (SSSR count). The van der Waals surface area contributed by atoms with E-state index in [4.69, 9.17) is 4.74 Å². The molecule has 1 aliphatic heterocycles. The molecule has 1 heterocycles. The van der Waals surface area contributed by atoms with Crippen LogP contribution in [0.3, 0.4) is 0 Å². The van der Waals surface area contributed by atoms with Crippen molar-refractivity contribution in [1.82, 2.24) is 4.90 Å². The largest absolute Gasteiger partial charge is 0.477 e. The fourth-order valence-corrected chi connectivity index (χ4v) is 3.16. The van der Waals surface area contributed by atoms with Crippen LogP contribution in [-0.4, -0.2) is 48.5 Å². The topological polar surface area (TPSA) is 75.9 Å². The number of anilines is 1. The summed E-state index contributed by atoms with van der Waals surface area (Å²) in [6, 6.07) is 12.9. The number of carbonyl (C=O) groups excluding carboxylic acids is 1. The van der Waals surface area contributed by atoms with E-state index in [2.05, 4.69) is 30.0 Å². The van der Waals surface area contributed by atoms with Gasteiger partial charge in [0.05, 0.1) is 4.92 Å². The van der Waals surface area contributed by atoms with Crippen molar-refractivity contribution in [3.8, 4) is 5.75 Å². The number of amides is 1. The molecule has 0 bridgehead atoms. The summed E-state index contributed by atoms with van der Waals surface area (Å²) in [6.07, 6.45) is 0. The van der Waals surface area contributed by atoms with Gasteiger partial charge in [-0.15, -0.1) is 0 Å². The van der Waals surface area contributed by atoms with E-state index in [-0.39, 0.29) is 24.0 Å². The minimum Gasteiger partial charge on any atom is -0.477 e. The lowest BCUT2D eigenvalue weighted by molar-refractivity contribution is -0.385. The van der Waals surface area contributed by atoms with Crippen LogP contribution in [0.15, 0.2) is 42.5 Å². The highest BCUT2D eigenvalue weighted by atomic mass is 16.6. The van der Waals surface area contributed by atoms with Gasteiger partial charge in [-0.3, -0.25) is 14.9 Å². The van der Waals surface area contributed by atoms with Gasteiger partial charge in [0, 0.05) is 37.9 Å². The van der Waals surface area contributed by atoms with Gasteiger partial charge >= 0.3 is 5.69 Å². The predicted octanol–water partition coefficient (Wildman–Crippen LogP) is 2.94. The predicted molar refractivity (Wildman–Crippen MR) is 103 cm³/mol. The third-order valence-electron chi connectivity index (χ3n) is 4.66. The molecule has 0 spiro atoms. The summed E-state index contributed by atoms with van der Waals surface area (Å²) in [6.45, 7) is 6.39. The summed E-state index contributed by atoms with van der Waals surface area (Å²) in [5, 5.41) is 11.1. The third-order valence-corrected chi connectivity index (χ3v) is 4.66. The van der Waals surface area contributed by atoms with Gasteiger partial charge in [-0.25, -0.2) is 0 Å². The number of hydrogen-bond acceptors (Lipinski definition) is 5. The maximum atomic E-state index is 12.4. The number of carbonyl (C=O) groups is 1. The maximum absolute atomic E-state index is 12.4. The monoisotopic (exact) mass is 369 g/mol.